The highest BCUT2D eigenvalue weighted by atomic mass is 19.1. The Balaban J connectivity index is 1.30. The number of anilines is 1. The van der Waals surface area contributed by atoms with Crippen LogP contribution in [0, 0.1) is 17.1 Å². The minimum Gasteiger partial charge on any atom is -0.477 e. The monoisotopic (exact) mass is 502 g/mol. The van der Waals surface area contributed by atoms with E-state index in [2.05, 4.69) is 21.2 Å². The minimum absolute atomic E-state index is 0.0519. The van der Waals surface area contributed by atoms with Crippen molar-refractivity contribution in [3.05, 3.63) is 75.7 Å². The minimum atomic E-state index is -1.33. The van der Waals surface area contributed by atoms with Crippen molar-refractivity contribution in [2.24, 2.45) is 0 Å². The largest absolute Gasteiger partial charge is 0.477 e. The molecule has 4 aromatic rings. The van der Waals surface area contributed by atoms with Gasteiger partial charge in [0.05, 0.1) is 29.4 Å². The summed E-state index contributed by atoms with van der Waals surface area (Å²) in [6.07, 6.45) is 1.31. The van der Waals surface area contributed by atoms with Crippen molar-refractivity contribution in [3.63, 3.8) is 0 Å². The summed E-state index contributed by atoms with van der Waals surface area (Å²) in [5.41, 5.74) is 1.08. The molecular weight excluding hydrogens is 479 g/mol. The molecule has 10 nitrogen and oxygen atoms in total. The van der Waals surface area contributed by atoms with Gasteiger partial charge >= 0.3 is 5.97 Å². The third kappa shape index (κ3) is 4.66. The fourth-order valence-electron chi connectivity index (χ4n) is 4.52. The van der Waals surface area contributed by atoms with Crippen LogP contribution in [-0.2, 0) is 13.1 Å². The van der Waals surface area contributed by atoms with Gasteiger partial charge in [-0.25, -0.2) is 9.18 Å². The summed E-state index contributed by atoms with van der Waals surface area (Å²) in [5.74, 6) is -1.05. The Labute approximate surface area is 210 Å². The van der Waals surface area contributed by atoms with Crippen LogP contribution in [0.15, 0.2) is 51.8 Å². The summed E-state index contributed by atoms with van der Waals surface area (Å²) in [7, 11) is 0. The van der Waals surface area contributed by atoms with Gasteiger partial charge in [-0.05, 0) is 43.3 Å². The van der Waals surface area contributed by atoms with Gasteiger partial charge in [-0.15, -0.1) is 10.2 Å². The maximum atomic E-state index is 15.1. The van der Waals surface area contributed by atoms with E-state index in [1.165, 1.54) is 6.20 Å². The van der Waals surface area contributed by atoms with E-state index in [1.807, 2.05) is 11.8 Å². The second kappa shape index (κ2) is 9.83. The van der Waals surface area contributed by atoms with E-state index in [0.29, 0.717) is 67.8 Å². The van der Waals surface area contributed by atoms with E-state index in [4.69, 9.17) is 9.68 Å². The molecule has 0 radical (unpaired) electrons. The zero-order valence-electron chi connectivity index (χ0n) is 20.0. The average molecular weight is 503 g/mol. The molecule has 1 aliphatic rings. The van der Waals surface area contributed by atoms with Crippen molar-refractivity contribution in [2.75, 3.05) is 31.1 Å². The van der Waals surface area contributed by atoms with Crippen LogP contribution in [0.1, 0.15) is 28.7 Å². The number of aryl methyl sites for hydroxylation is 1. The number of rotatable bonds is 6. The fourth-order valence-corrected chi connectivity index (χ4v) is 4.52. The van der Waals surface area contributed by atoms with Crippen LogP contribution in [0.3, 0.4) is 0 Å². The average Bonchev–Trinajstić information content (AvgIpc) is 3.38. The summed E-state index contributed by atoms with van der Waals surface area (Å²) in [6.45, 7) is 5.07. The third-order valence-electron chi connectivity index (χ3n) is 6.52. The normalized spacial score (nSPS) is 14.1. The molecule has 37 heavy (non-hydrogen) atoms. The van der Waals surface area contributed by atoms with Crippen molar-refractivity contribution in [3.8, 4) is 17.5 Å². The first kappa shape index (κ1) is 24.1. The predicted octanol–water partition coefficient (Wildman–Crippen LogP) is 3.10. The van der Waals surface area contributed by atoms with Crippen molar-refractivity contribution in [2.45, 2.75) is 20.0 Å². The van der Waals surface area contributed by atoms with Gasteiger partial charge in [0.1, 0.15) is 11.4 Å². The Bertz CT molecular complexity index is 1580. The van der Waals surface area contributed by atoms with E-state index < -0.39 is 17.2 Å². The lowest BCUT2D eigenvalue weighted by Crippen LogP contribution is -2.46. The van der Waals surface area contributed by atoms with Gasteiger partial charge in [0.25, 0.3) is 0 Å². The molecule has 0 amide bonds. The highest BCUT2D eigenvalue weighted by Gasteiger charge is 2.23. The molecule has 0 atom stereocenters. The molecule has 1 saturated heterocycles. The molecule has 2 aromatic carbocycles. The lowest BCUT2D eigenvalue weighted by Gasteiger charge is -2.35. The SMILES string of the molecule is CCn1cc(C(=O)O)c(=O)c2cc(F)c(N3CCN(Cc4nnc(-c5ccc(C#N)cc5)o4)CC3)cc21. The Kier molecular flexibility index (Phi) is 6.42. The topological polar surface area (TPSA) is 128 Å². The van der Waals surface area contributed by atoms with E-state index >= 15 is 4.39 Å². The molecule has 188 valence electrons. The summed E-state index contributed by atoms with van der Waals surface area (Å²) < 4.78 is 22.6. The highest BCUT2D eigenvalue weighted by Crippen LogP contribution is 2.27. The van der Waals surface area contributed by atoms with E-state index in [-0.39, 0.29) is 10.9 Å². The highest BCUT2D eigenvalue weighted by molar-refractivity contribution is 5.93. The molecule has 1 aliphatic heterocycles. The van der Waals surface area contributed by atoms with Gasteiger partial charge in [-0.3, -0.25) is 9.69 Å². The van der Waals surface area contributed by atoms with Crippen LogP contribution in [-0.4, -0.2) is 56.9 Å². The molecule has 0 unspecified atom stereocenters. The van der Waals surface area contributed by atoms with Gasteiger partial charge in [0.15, 0.2) is 0 Å². The number of nitrogens with zero attached hydrogens (tertiary/aromatic N) is 6. The molecule has 3 heterocycles. The van der Waals surface area contributed by atoms with Crippen LogP contribution in [0.25, 0.3) is 22.4 Å². The summed E-state index contributed by atoms with van der Waals surface area (Å²) in [6, 6.07) is 11.7. The molecule has 1 fully saturated rings. The molecule has 0 aliphatic carbocycles. The summed E-state index contributed by atoms with van der Waals surface area (Å²) in [5, 5.41) is 26.6. The van der Waals surface area contributed by atoms with Crippen LogP contribution >= 0.6 is 0 Å². The van der Waals surface area contributed by atoms with E-state index in [0.717, 1.165) is 11.6 Å². The Morgan fingerprint density at radius 1 is 1.16 bits per heavy atom. The van der Waals surface area contributed by atoms with E-state index in [1.54, 1.807) is 34.9 Å². The van der Waals surface area contributed by atoms with Crippen LogP contribution in [0.2, 0.25) is 0 Å². The van der Waals surface area contributed by atoms with Crippen LogP contribution < -0.4 is 10.3 Å². The zero-order valence-corrected chi connectivity index (χ0v) is 20.0. The van der Waals surface area contributed by atoms with Gasteiger partial charge in [0, 0.05) is 49.9 Å². The van der Waals surface area contributed by atoms with Gasteiger partial charge < -0.3 is 19.0 Å². The number of hydrogen-bond donors (Lipinski definition) is 1. The number of carboxylic acid groups (broad SMARTS) is 1. The molecule has 0 bridgehead atoms. The van der Waals surface area contributed by atoms with Crippen molar-refractivity contribution in [1.29, 1.82) is 5.26 Å². The second-order valence-corrected chi connectivity index (χ2v) is 8.74. The Hall–Kier alpha value is -4.56. The summed E-state index contributed by atoms with van der Waals surface area (Å²) in [4.78, 5) is 28.1. The Morgan fingerprint density at radius 2 is 1.89 bits per heavy atom. The quantitative estimate of drug-likeness (QED) is 0.423. The number of fused-ring (bicyclic) bond motifs is 1. The molecule has 5 rings (SSSR count). The fraction of sp³-hybridized carbons (Fsp3) is 0.269. The second-order valence-electron chi connectivity index (χ2n) is 8.74. The number of nitriles is 1. The standard InChI is InChI=1S/C26H23FN6O4/c1-2-32-14-19(26(35)36)24(34)18-11-20(27)22(12-21(18)32)33-9-7-31(8-10-33)15-23-29-30-25(37-23)17-5-3-16(13-28)4-6-17/h3-6,11-12,14H,2,7-10,15H2,1H3,(H,35,36). The number of halogens is 1. The predicted molar refractivity (Wildman–Crippen MR) is 133 cm³/mol. The number of pyridine rings is 1. The van der Waals surface area contributed by atoms with Crippen molar-refractivity contribution >= 4 is 22.6 Å². The maximum Gasteiger partial charge on any atom is 0.341 e. The molecule has 2 aromatic heterocycles. The van der Waals surface area contributed by atoms with Gasteiger partial charge in [0.2, 0.25) is 17.2 Å². The number of carbonyl (C=O) groups is 1. The number of piperazine rings is 1. The Morgan fingerprint density at radius 3 is 2.54 bits per heavy atom. The third-order valence-corrected chi connectivity index (χ3v) is 6.52. The lowest BCUT2D eigenvalue weighted by atomic mass is 10.1. The molecular formula is C26H23FN6O4. The van der Waals surface area contributed by atoms with Crippen LogP contribution in [0.5, 0.6) is 0 Å². The van der Waals surface area contributed by atoms with Gasteiger partial charge in [-0.2, -0.15) is 5.26 Å². The number of aromatic carboxylic acids is 1. The summed E-state index contributed by atoms with van der Waals surface area (Å²) >= 11 is 0. The van der Waals surface area contributed by atoms with Gasteiger partial charge in [-0.1, -0.05) is 0 Å². The molecule has 11 heteroatoms. The smallest absolute Gasteiger partial charge is 0.341 e. The van der Waals surface area contributed by atoms with Crippen molar-refractivity contribution < 1.29 is 18.7 Å². The first-order valence-electron chi connectivity index (χ1n) is 11.8. The first-order valence-corrected chi connectivity index (χ1v) is 11.8. The maximum absolute atomic E-state index is 15.1. The molecule has 0 saturated carbocycles. The van der Waals surface area contributed by atoms with Crippen LogP contribution in [0.4, 0.5) is 10.1 Å². The first-order chi connectivity index (χ1) is 17.9. The zero-order chi connectivity index (χ0) is 26.1. The molecule has 0 spiro atoms. The number of aromatic nitrogens is 3. The molecule has 1 N–H and O–H groups in total. The number of carboxylic acids is 1. The van der Waals surface area contributed by atoms with Crippen molar-refractivity contribution in [1.82, 2.24) is 19.7 Å². The van der Waals surface area contributed by atoms with E-state index in [9.17, 15) is 14.7 Å². The number of benzene rings is 2. The lowest BCUT2D eigenvalue weighted by molar-refractivity contribution is 0.0695. The number of hydrogen-bond acceptors (Lipinski definition) is 8.